The third-order valence-electron chi connectivity index (χ3n) is 7.47. The number of methoxy groups -OCH3 is 1. The number of nitrogens with two attached hydrogens (primary N) is 1. The number of fused-ring (bicyclic) bond motifs is 2. The molecular weight excluding hydrogens is 610 g/mol. The molecule has 1 aliphatic heterocycles. The van der Waals surface area contributed by atoms with Crippen LogP contribution in [0.4, 0.5) is 17.6 Å². The predicted octanol–water partition coefficient (Wildman–Crippen LogP) is 4.12. The van der Waals surface area contributed by atoms with Crippen molar-refractivity contribution in [3.63, 3.8) is 0 Å². The molecule has 4 N–H and O–H groups in total. The molecule has 230 valence electrons. The van der Waals surface area contributed by atoms with Crippen LogP contribution in [-0.2, 0) is 15.8 Å². The van der Waals surface area contributed by atoms with Crippen molar-refractivity contribution in [1.82, 2.24) is 20.5 Å². The van der Waals surface area contributed by atoms with Gasteiger partial charge >= 0.3 is 6.18 Å². The van der Waals surface area contributed by atoms with Crippen molar-refractivity contribution in [2.75, 3.05) is 20.3 Å². The molecule has 1 unspecified atom stereocenters. The van der Waals surface area contributed by atoms with Gasteiger partial charge in [0, 0.05) is 22.1 Å². The zero-order chi connectivity index (χ0) is 32.2. The van der Waals surface area contributed by atoms with Gasteiger partial charge in [0.1, 0.15) is 40.5 Å². The molecule has 4 aromatic rings. The number of hydrogen-bond acceptors (Lipinski definition) is 8. The number of aryl methyl sites for hydroxylation is 1. The number of carbonyl (C=O) groups is 2. The molecule has 0 saturated carbocycles. The Morgan fingerprint density at radius 1 is 1.18 bits per heavy atom. The summed E-state index contributed by atoms with van der Waals surface area (Å²) in [7, 11) is 1.33. The second kappa shape index (κ2) is 10.9. The molecule has 0 fully saturated rings. The predicted molar refractivity (Wildman–Crippen MR) is 150 cm³/mol. The molecule has 3 heterocycles. The van der Waals surface area contributed by atoms with Crippen molar-refractivity contribution in [1.29, 1.82) is 0 Å². The average Bonchev–Trinajstić information content (AvgIpc) is 3.33. The van der Waals surface area contributed by atoms with Crippen LogP contribution < -0.4 is 20.5 Å². The molecule has 2 amide bonds. The summed E-state index contributed by atoms with van der Waals surface area (Å²) in [6.07, 6.45) is -5.39. The molecule has 0 saturated heterocycles. The minimum Gasteiger partial charge on any atom is -0.494 e. The lowest BCUT2D eigenvalue weighted by atomic mass is 9.81. The molecule has 1 aliphatic rings. The topological polar surface area (TPSA) is 150 Å². The van der Waals surface area contributed by atoms with Crippen LogP contribution in [0, 0.1) is 12.7 Å². The van der Waals surface area contributed by atoms with E-state index in [0.717, 1.165) is 18.2 Å². The van der Waals surface area contributed by atoms with E-state index < -0.39 is 47.1 Å². The van der Waals surface area contributed by atoms with Crippen molar-refractivity contribution in [2.24, 2.45) is 5.73 Å². The normalized spacial score (nSPS) is 17.5. The van der Waals surface area contributed by atoms with Crippen LogP contribution in [0.15, 0.2) is 42.5 Å². The highest BCUT2D eigenvalue weighted by atomic mass is 35.5. The van der Waals surface area contributed by atoms with Crippen molar-refractivity contribution in [3.8, 4) is 22.8 Å². The highest BCUT2D eigenvalue weighted by Gasteiger charge is 2.57. The summed E-state index contributed by atoms with van der Waals surface area (Å²) >= 11 is 5.92. The Labute approximate surface area is 252 Å². The first-order valence-corrected chi connectivity index (χ1v) is 13.3. The first-order valence-electron chi connectivity index (χ1n) is 12.9. The number of nitrogens with one attached hydrogen (secondary N) is 1. The third-order valence-corrected chi connectivity index (χ3v) is 7.76. The van der Waals surface area contributed by atoms with Gasteiger partial charge in [0.25, 0.3) is 5.91 Å². The second-order valence-electron chi connectivity index (χ2n) is 10.5. The van der Waals surface area contributed by atoms with Gasteiger partial charge in [0.2, 0.25) is 11.5 Å². The van der Waals surface area contributed by atoms with Crippen molar-refractivity contribution < 1.29 is 41.7 Å². The molecule has 15 heteroatoms. The molecule has 0 spiro atoms. The Kier molecular flexibility index (Phi) is 7.62. The number of alkyl halides is 3. The number of aliphatic hydroxyl groups is 1. The smallest absolute Gasteiger partial charge is 0.424 e. The van der Waals surface area contributed by atoms with Gasteiger partial charge in [-0.15, -0.1) is 5.10 Å². The fourth-order valence-corrected chi connectivity index (χ4v) is 4.98. The second-order valence-corrected chi connectivity index (χ2v) is 10.9. The number of amides is 2. The average molecular weight is 634 g/mol. The fraction of sp³-hybridized carbons (Fsp3) is 0.276. The summed E-state index contributed by atoms with van der Waals surface area (Å²) < 4.78 is 68.9. The Bertz CT molecular complexity index is 1840. The van der Waals surface area contributed by atoms with Crippen molar-refractivity contribution in [2.45, 2.75) is 31.0 Å². The number of benzene rings is 2. The van der Waals surface area contributed by atoms with Gasteiger partial charge in [-0.1, -0.05) is 11.6 Å². The molecule has 44 heavy (non-hydrogen) atoms. The van der Waals surface area contributed by atoms with E-state index in [2.05, 4.69) is 20.5 Å². The molecule has 5 rings (SSSR count). The number of nitrogens with zero attached hydrogens (tertiary/aromatic N) is 3. The summed E-state index contributed by atoms with van der Waals surface area (Å²) in [6, 6.07) is 8.42. The molecule has 2 aromatic carbocycles. The molecule has 2 aromatic heterocycles. The number of hydrogen-bond donors (Lipinski definition) is 3. The first kappa shape index (κ1) is 30.9. The lowest BCUT2D eigenvalue weighted by Crippen LogP contribution is -2.51. The maximum absolute atomic E-state index is 14.7. The molecule has 0 aliphatic carbocycles. The monoisotopic (exact) mass is 633 g/mol. The van der Waals surface area contributed by atoms with E-state index >= 15 is 0 Å². The maximum atomic E-state index is 14.7. The number of rotatable bonds is 7. The van der Waals surface area contributed by atoms with Crippen molar-refractivity contribution in [3.05, 3.63) is 75.8 Å². The highest BCUT2D eigenvalue weighted by Crippen LogP contribution is 2.48. The van der Waals surface area contributed by atoms with Crippen LogP contribution in [0.25, 0.3) is 22.2 Å². The van der Waals surface area contributed by atoms with E-state index in [1.807, 2.05) is 0 Å². The maximum Gasteiger partial charge on any atom is 0.424 e. The number of carbonyl (C=O) groups excluding carboxylic acids is 2. The fourth-order valence-electron chi connectivity index (χ4n) is 4.80. The van der Waals surface area contributed by atoms with E-state index in [9.17, 15) is 32.3 Å². The number of pyridine rings is 1. The van der Waals surface area contributed by atoms with Gasteiger partial charge in [0.05, 0.1) is 30.1 Å². The molecule has 0 radical (unpaired) electrons. The van der Waals surface area contributed by atoms with Crippen LogP contribution in [0.2, 0.25) is 5.02 Å². The zero-order valence-corrected chi connectivity index (χ0v) is 24.1. The van der Waals surface area contributed by atoms with Crippen LogP contribution in [0.5, 0.6) is 11.5 Å². The first-order chi connectivity index (χ1) is 20.6. The summed E-state index contributed by atoms with van der Waals surface area (Å²) in [5, 5.41) is 21.4. The van der Waals surface area contributed by atoms with Gasteiger partial charge in [-0.25, -0.2) is 9.37 Å². The van der Waals surface area contributed by atoms with Gasteiger partial charge in [-0.2, -0.15) is 18.3 Å². The van der Waals surface area contributed by atoms with Crippen LogP contribution >= 0.6 is 11.6 Å². The van der Waals surface area contributed by atoms with Gasteiger partial charge in [-0.05, 0) is 56.3 Å². The SMILES string of the molecule is COc1cc(C(=O)NCC(O)(c2cc3c(c(-c4ccc(F)c(Cl)c4)n2)OC[C@]3(C)C(N)=O)C(F)(F)F)cc2cc(C)nnc12. The van der Waals surface area contributed by atoms with E-state index in [4.69, 9.17) is 26.8 Å². The summed E-state index contributed by atoms with van der Waals surface area (Å²) in [5.41, 5.74) is -0.295. The third kappa shape index (κ3) is 5.13. The summed E-state index contributed by atoms with van der Waals surface area (Å²) in [6.45, 7) is 1.31. The summed E-state index contributed by atoms with van der Waals surface area (Å²) in [4.78, 5) is 29.6. The Balaban J connectivity index is 1.61. The van der Waals surface area contributed by atoms with Crippen LogP contribution in [0.1, 0.15) is 34.2 Å². The van der Waals surface area contributed by atoms with E-state index in [1.165, 1.54) is 32.2 Å². The Morgan fingerprint density at radius 3 is 2.55 bits per heavy atom. The molecule has 0 bridgehead atoms. The number of halogens is 5. The van der Waals surface area contributed by atoms with E-state index in [1.54, 1.807) is 13.0 Å². The lowest BCUT2D eigenvalue weighted by Gasteiger charge is -2.31. The highest BCUT2D eigenvalue weighted by molar-refractivity contribution is 6.31. The number of aromatic nitrogens is 3. The number of ether oxygens (including phenoxy) is 2. The molecular formula is C29H24ClF4N5O5. The number of primary amides is 1. The quantitative estimate of drug-likeness (QED) is 0.257. The molecule has 10 nitrogen and oxygen atoms in total. The minimum absolute atomic E-state index is 0.0402. The van der Waals surface area contributed by atoms with Crippen molar-refractivity contribution >= 4 is 34.3 Å². The summed E-state index contributed by atoms with van der Waals surface area (Å²) in [5.74, 6) is -2.62. The lowest BCUT2D eigenvalue weighted by molar-refractivity contribution is -0.265. The Hall–Kier alpha value is -4.56. The van der Waals surface area contributed by atoms with E-state index in [0.29, 0.717) is 16.6 Å². The van der Waals surface area contributed by atoms with Gasteiger partial charge < -0.3 is 25.6 Å². The Morgan fingerprint density at radius 2 is 1.91 bits per heavy atom. The van der Waals surface area contributed by atoms with E-state index in [-0.39, 0.29) is 45.5 Å². The largest absolute Gasteiger partial charge is 0.494 e. The molecule has 2 atom stereocenters. The zero-order valence-electron chi connectivity index (χ0n) is 23.3. The standard InChI is InChI=1S/C29H24ClF4N5O5/c1-13-6-15-7-16(9-20(43-3)22(15)39-38-13)25(40)36-11-28(42,29(32,33)34)21-10-17-24(44-12-27(17,2)26(35)41)23(37-21)14-4-5-19(31)18(30)8-14/h4-10,42H,11-12H2,1-3H3,(H2,35,41)(H,36,40)/t27-,28?/m0/s1. The minimum atomic E-state index is -5.39. The van der Waals surface area contributed by atoms with Crippen LogP contribution in [0.3, 0.4) is 0 Å². The van der Waals surface area contributed by atoms with Gasteiger partial charge in [0.15, 0.2) is 0 Å². The van der Waals surface area contributed by atoms with Crippen LogP contribution in [-0.4, -0.2) is 58.5 Å². The van der Waals surface area contributed by atoms with Gasteiger partial charge in [-0.3, -0.25) is 9.59 Å².